The largest absolute Gasteiger partial charge is 0.339 e. The third-order valence-electron chi connectivity index (χ3n) is 4.05. The summed E-state index contributed by atoms with van der Waals surface area (Å²) in [5, 5.41) is 1.18. The fourth-order valence-electron chi connectivity index (χ4n) is 2.92. The quantitative estimate of drug-likeness (QED) is 0.564. The van der Waals surface area contributed by atoms with Crippen LogP contribution in [0.25, 0.3) is 10.9 Å². The van der Waals surface area contributed by atoms with E-state index in [0.29, 0.717) is 26.1 Å². The van der Waals surface area contributed by atoms with Crippen molar-refractivity contribution in [3.8, 4) is 0 Å². The van der Waals surface area contributed by atoms with Crippen LogP contribution in [0.2, 0.25) is 0 Å². The lowest BCUT2D eigenvalue weighted by molar-refractivity contribution is -0.134. The molecular formula is C17H17IN2O2. The summed E-state index contributed by atoms with van der Waals surface area (Å²) in [6, 6.07) is 8.11. The van der Waals surface area contributed by atoms with E-state index in [1.807, 2.05) is 29.0 Å². The van der Waals surface area contributed by atoms with Gasteiger partial charge in [0.1, 0.15) is 0 Å². The molecule has 0 N–H and O–H groups in total. The number of carbonyl (C=O) groups is 2. The number of carbonyl (C=O) groups excluding carboxylic acids is 2. The van der Waals surface area contributed by atoms with Crippen LogP contribution in [-0.2, 0) is 16.1 Å². The predicted molar refractivity (Wildman–Crippen MR) is 94.5 cm³/mol. The molecule has 0 bridgehead atoms. The first-order valence-electron chi connectivity index (χ1n) is 7.25. The van der Waals surface area contributed by atoms with Gasteiger partial charge in [0.15, 0.2) is 5.78 Å². The number of hydrogen-bond donors (Lipinski definition) is 0. The number of fused-ring (bicyclic) bond motifs is 1. The Kier molecular flexibility index (Phi) is 4.33. The van der Waals surface area contributed by atoms with Crippen LogP contribution in [-0.4, -0.2) is 34.2 Å². The molecule has 3 rings (SSSR count). The normalized spacial score (nSPS) is 14.9. The van der Waals surface area contributed by atoms with Crippen molar-refractivity contribution in [1.29, 1.82) is 0 Å². The number of rotatable bonds is 5. The molecule has 1 aromatic heterocycles. The van der Waals surface area contributed by atoms with Crippen molar-refractivity contribution in [2.75, 3.05) is 13.1 Å². The van der Waals surface area contributed by atoms with Crippen molar-refractivity contribution in [3.63, 3.8) is 0 Å². The zero-order valence-corrected chi connectivity index (χ0v) is 14.3. The van der Waals surface area contributed by atoms with Gasteiger partial charge in [-0.2, -0.15) is 0 Å². The van der Waals surface area contributed by atoms with E-state index in [9.17, 15) is 9.59 Å². The summed E-state index contributed by atoms with van der Waals surface area (Å²) in [7, 11) is 0. The highest BCUT2D eigenvalue weighted by Gasteiger charge is 2.30. The van der Waals surface area contributed by atoms with Crippen molar-refractivity contribution in [3.05, 3.63) is 46.7 Å². The molecule has 2 aromatic rings. The maximum absolute atomic E-state index is 12.3. The second kappa shape index (κ2) is 6.24. The molecular weight excluding hydrogens is 391 g/mol. The summed E-state index contributed by atoms with van der Waals surface area (Å²) in [6.07, 6.45) is 3.88. The standard InChI is InChI=1S/C17H17IN2O2/c1-2-17(22)20-8-12(9-20)7-13(21)10-19-11-15(18)14-5-3-4-6-16(14)19/h2-6,11-12H,1,7-10H2. The highest BCUT2D eigenvalue weighted by atomic mass is 127. The highest BCUT2D eigenvalue weighted by Crippen LogP contribution is 2.24. The van der Waals surface area contributed by atoms with Gasteiger partial charge < -0.3 is 9.47 Å². The van der Waals surface area contributed by atoms with Gasteiger partial charge in [-0.15, -0.1) is 0 Å². The van der Waals surface area contributed by atoms with Crippen molar-refractivity contribution < 1.29 is 9.59 Å². The van der Waals surface area contributed by atoms with E-state index in [2.05, 4.69) is 35.2 Å². The van der Waals surface area contributed by atoms with E-state index in [0.717, 1.165) is 9.09 Å². The molecule has 1 fully saturated rings. The van der Waals surface area contributed by atoms with Gasteiger partial charge >= 0.3 is 0 Å². The average Bonchev–Trinajstić information content (AvgIpc) is 2.79. The van der Waals surface area contributed by atoms with Gasteiger partial charge in [-0.25, -0.2) is 0 Å². The Balaban J connectivity index is 1.60. The molecule has 22 heavy (non-hydrogen) atoms. The maximum atomic E-state index is 12.3. The number of halogens is 1. The Bertz CT molecular complexity index is 744. The van der Waals surface area contributed by atoms with E-state index in [1.165, 1.54) is 11.5 Å². The summed E-state index contributed by atoms with van der Waals surface area (Å²) in [5.74, 6) is 0.458. The van der Waals surface area contributed by atoms with Crippen LogP contribution < -0.4 is 0 Å². The summed E-state index contributed by atoms with van der Waals surface area (Å²) < 4.78 is 3.18. The summed E-state index contributed by atoms with van der Waals surface area (Å²) in [5.41, 5.74) is 1.09. The first kappa shape index (κ1) is 15.3. The van der Waals surface area contributed by atoms with Crippen molar-refractivity contribution in [2.24, 2.45) is 5.92 Å². The minimum Gasteiger partial charge on any atom is -0.339 e. The van der Waals surface area contributed by atoms with Crippen LogP contribution >= 0.6 is 22.6 Å². The Hall–Kier alpha value is -1.63. The Labute approximate surface area is 142 Å². The number of hydrogen-bond acceptors (Lipinski definition) is 2. The summed E-state index contributed by atoms with van der Waals surface area (Å²) in [4.78, 5) is 25.4. The smallest absolute Gasteiger partial charge is 0.245 e. The number of para-hydroxylation sites is 1. The molecule has 1 aromatic carbocycles. The molecule has 1 amide bonds. The van der Waals surface area contributed by atoms with E-state index in [1.54, 1.807) is 4.90 Å². The van der Waals surface area contributed by atoms with E-state index >= 15 is 0 Å². The molecule has 0 unspecified atom stereocenters. The SMILES string of the molecule is C=CC(=O)N1CC(CC(=O)Cn2cc(I)c3ccccc32)C1. The third-order valence-corrected chi connectivity index (χ3v) is 4.91. The number of nitrogens with zero attached hydrogens (tertiary/aromatic N) is 2. The fraction of sp³-hybridized carbons (Fsp3) is 0.294. The lowest BCUT2D eigenvalue weighted by atomic mass is 9.94. The number of amides is 1. The number of ketones is 1. The Morgan fingerprint density at radius 3 is 2.77 bits per heavy atom. The van der Waals surface area contributed by atoms with Crippen LogP contribution in [0.15, 0.2) is 43.1 Å². The summed E-state index contributed by atoms with van der Waals surface area (Å²) in [6.45, 7) is 5.21. The Morgan fingerprint density at radius 2 is 2.05 bits per heavy atom. The van der Waals surface area contributed by atoms with Gasteiger partial charge in [-0.3, -0.25) is 9.59 Å². The van der Waals surface area contributed by atoms with Crippen molar-refractivity contribution in [1.82, 2.24) is 9.47 Å². The van der Waals surface area contributed by atoms with E-state index in [4.69, 9.17) is 0 Å². The van der Waals surface area contributed by atoms with E-state index in [-0.39, 0.29) is 17.6 Å². The monoisotopic (exact) mass is 408 g/mol. The molecule has 114 valence electrons. The maximum Gasteiger partial charge on any atom is 0.245 e. The van der Waals surface area contributed by atoms with E-state index < -0.39 is 0 Å². The average molecular weight is 408 g/mol. The van der Waals surface area contributed by atoms with Gasteiger partial charge in [0, 0.05) is 46.1 Å². The topological polar surface area (TPSA) is 42.3 Å². The molecule has 5 heteroatoms. The number of Topliss-reactive ketones (excluding diaryl/α,β-unsaturated/α-hetero) is 1. The van der Waals surface area contributed by atoms with Crippen LogP contribution in [0, 0.1) is 9.49 Å². The van der Waals surface area contributed by atoms with Crippen LogP contribution in [0.5, 0.6) is 0 Å². The van der Waals surface area contributed by atoms with Gasteiger partial charge in [0.25, 0.3) is 0 Å². The van der Waals surface area contributed by atoms with Gasteiger partial charge in [0.2, 0.25) is 5.91 Å². The molecule has 2 heterocycles. The molecule has 0 radical (unpaired) electrons. The molecule has 0 saturated carbocycles. The fourth-order valence-corrected chi connectivity index (χ4v) is 3.71. The van der Waals surface area contributed by atoms with Crippen LogP contribution in [0.1, 0.15) is 6.42 Å². The second-order valence-corrected chi connectivity index (χ2v) is 6.84. The van der Waals surface area contributed by atoms with Crippen molar-refractivity contribution >= 4 is 45.2 Å². The lowest BCUT2D eigenvalue weighted by Crippen LogP contribution is -2.50. The van der Waals surface area contributed by atoms with Gasteiger partial charge in [0.05, 0.1) is 6.54 Å². The van der Waals surface area contributed by atoms with Crippen molar-refractivity contribution in [2.45, 2.75) is 13.0 Å². The van der Waals surface area contributed by atoms with Crippen LogP contribution in [0.3, 0.4) is 0 Å². The van der Waals surface area contributed by atoms with Crippen LogP contribution in [0.4, 0.5) is 0 Å². The zero-order valence-electron chi connectivity index (χ0n) is 12.2. The minimum atomic E-state index is -0.0466. The first-order valence-corrected chi connectivity index (χ1v) is 8.32. The lowest BCUT2D eigenvalue weighted by Gasteiger charge is -2.38. The number of likely N-dealkylation sites (tertiary alicyclic amines) is 1. The predicted octanol–water partition coefficient (Wildman–Crippen LogP) is 2.85. The van der Waals surface area contributed by atoms with Gasteiger partial charge in [-0.05, 0) is 34.7 Å². The molecule has 0 spiro atoms. The second-order valence-electron chi connectivity index (χ2n) is 5.68. The Morgan fingerprint density at radius 1 is 1.32 bits per heavy atom. The molecule has 4 nitrogen and oxygen atoms in total. The molecule has 1 aliphatic rings. The minimum absolute atomic E-state index is 0.0466. The zero-order chi connectivity index (χ0) is 15.7. The molecule has 0 aliphatic carbocycles. The summed E-state index contributed by atoms with van der Waals surface area (Å²) >= 11 is 2.30. The third kappa shape index (κ3) is 2.95. The highest BCUT2D eigenvalue weighted by molar-refractivity contribution is 14.1. The molecule has 1 aliphatic heterocycles. The number of aromatic nitrogens is 1. The van der Waals surface area contributed by atoms with Gasteiger partial charge in [-0.1, -0.05) is 24.8 Å². The number of benzene rings is 1. The molecule has 1 saturated heterocycles. The molecule has 0 atom stereocenters. The first-order chi connectivity index (χ1) is 10.6.